The summed E-state index contributed by atoms with van der Waals surface area (Å²) in [7, 11) is 4.21. The van der Waals surface area contributed by atoms with Crippen molar-refractivity contribution in [1.29, 1.82) is 0 Å². The second-order valence-electron chi connectivity index (χ2n) is 6.38. The SMILES string of the molecule is Cc1ccc2nc(N)n(C(CC(C)C)CN(C)C)c2c1. The standard InChI is InChI=1S/C16H26N4/c1-11(2)8-13(10-19(4)5)20-15-9-12(3)6-7-14(15)18-16(20)17/h6-7,9,11,13H,8,10H2,1-5H3,(H2,17,18). The summed E-state index contributed by atoms with van der Waals surface area (Å²) in [6.45, 7) is 7.59. The van der Waals surface area contributed by atoms with Crippen molar-refractivity contribution in [3.8, 4) is 0 Å². The average molecular weight is 274 g/mol. The molecule has 1 atom stereocenters. The number of imidazole rings is 1. The van der Waals surface area contributed by atoms with Gasteiger partial charge in [0.2, 0.25) is 5.95 Å². The van der Waals surface area contributed by atoms with Crippen LogP contribution >= 0.6 is 0 Å². The van der Waals surface area contributed by atoms with Gasteiger partial charge in [0.05, 0.1) is 17.1 Å². The van der Waals surface area contributed by atoms with Gasteiger partial charge in [-0.15, -0.1) is 0 Å². The average Bonchev–Trinajstić information content (AvgIpc) is 2.62. The Labute approximate surface area is 121 Å². The number of nitrogen functional groups attached to an aromatic ring is 1. The van der Waals surface area contributed by atoms with Crippen molar-refractivity contribution in [3.05, 3.63) is 23.8 Å². The predicted molar refractivity (Wildman–Crippen MR) is 85.9 cm³/mol. The largest absolute Gasteiger partial charge is 0.369 e. The van der Waals surface area contributed by atoms with E-state index in [-0.39, 0.29) is 0 Å². The number of rotatable bonds is 5. The molecule has 2 aromatic rings. The minimum Gasteiger partial charge on any atom is -0.369 e. The third-order valence-electron chi connectivity index (χ3n) is 3.56. The first-order valence-electron chi connectivity index (χ1n) is 7.27. The van der Waals surface area contributed by atoms with E-state index in [9.17, 15) is 0 Å². The van der Waals surface area contributed by atoms with E-state index in [4.69, 9.17) is 5.73 Å². The molecule has 1 aromatic heterocycles. The fraction of sp³-hybridized carbons (Fsp3) is 0.562. The van der Waals surface area contributed by atoms with Crippen molar-refractivity contribution in [2.75, 3.05) is 26.4 Å². The summed E-state index contributed by atoms with van der Waals surface area (Å²) in [5.41, 5.74) is 9.57. The fourth-order valence-corrected chi connectivity index (χ4v) is 2.83. The molecule has 110 valence electrons. The fourth-order valence-electron chi connectivity index (χ4n) is 2.83. The van der Waals surface area contributed by atoms with Crippen LogP contribution in [0, 0.1) is 12.8 Å². The number of hydrogen-bond donors (Lipinski definition) is 1. The third kappa shape index (κ3) is 3.12. The van der Waals surface area contributed by atoms with Crippen LogP contribution < -0.4 is 5.73 Å². The molecule has 0 radical (unpaired) electrons. The van der Waals surface area contributed by atoms with E-state index in [1.807, 2.05) is 0 Å². The molecule has 0 saturated carbocycles. The van der Waals surface area contributed by atoms with Gasteiger partial charge in [-0.25, -0.2) is 4.98 Å². The predicted octanol–water partition coefficient (Wildman–Crippen LogP) is 3.08. The monoisotopic (exact) mass is 274 g/mol. The van der Waals surface area contributed by atoms with Gasteiger partial charge in [0, 0.05) is 6.54 Å². The normalized spacial score (nSPS) is 13.6. The molecule has 1 unspecified atom stereocenters. The van der Waals surface area contributed by atoms with Gasteiger partial charge in [0.15, 0.2) is 0 Å². The summed E-state index contributed by atoms with van der Waals surface area (Å²) < 4.78 is 2.21. The number of nitrogens with two attached hydrogens (primary N) is 1. The van der Waals surface area contributed by atoms with Gasteiger partial charge >= 0.3 is 0 Å². The molecule has 0 fully saturated rings. The maximum absolute atomic E-state index is 6.19. The van der Waals surface area contributed by atoms with Crippen LogP contribution in [0.15, 0.2) is 18.2 Å². The summed E-state index contributed by atoms with van der Waals surface area (Å²) in [6.07, 6.45) is 1.10. The molecular formula is C16H26N4. The van der Waals surface area contributed by atoms with Gasteiger partial charge in [0.1, 0.15) is 0 Å². The minimum atomic E-state index is 0.358. The molecule has 0 aliphatic rings. The highest BCUT2D eigenvalue weighted by atomic mass is 15.2. The van der Waals surface area contributed by atoms with Crippen LogP contribution in [-0.2, 0) is 0 Å². The van der Waals surface area contributed by atoms with E-state index >= 15 is 0 Å². The Morgan fingerprint density at radius 1 is 1.30 bits per heavy atom. The van der Waals surface area contributed by atoms with Crippen LogP contribution in [0.4, 0.5) is 5.95 Å². The maximum Gasteiger partial charge on any atom is 0.201 e. The molecule has 0 saturated heterocycles. The molecule has 2 N–H and O–H groups in total. The summed E-state index contributed by atoms with van der Waals surface area (Å²) in [5.74, 6) is 1.25. The number of aryl methyl sites for hydroxylation is 1. The Balaban J connectivity index is 2.50. The Bertz CT molecular complexity index is 573. The van der Waals surface area contributed by atoms with Gasteiger partial charge in [-0.1, -0.05) is 19.9 Å². The summed E-state index contributed by atoms with van der Waals surface area (Å²) in [5, 5.41) is 0. The highest BCUT2D eigenvalue weighted by Gasteiger charge is 2.19. The molecular weight excluding hydrogens is 248 g/mol. The van der Waals surface area contributed by atoms with Crippen LogP contribution in [0.1, 0.15) is 31.9 Å². The number of benzene rings is 1. The van der Waals surface area contributed by atoms with Gasteiger partial charge in [-0.3, -0.25) is 0 Å². The minimum absolute atomic E-state index is 0.358. The molecule has 20 heavy (non-hydrogen) atoms. The second-order valence-corrected chi connectivity index (χ2v) is 6.38. The van der Waals surface area contributed by atoms with Crippen molar-refractivity contribution in [1.82, 2.24) is 14.5 Å². The van der Waals surface area contributed by atoms with Crippen molar-refractivity contribution >= 4 is 17.0 Å². The first-order chi connectivity index (χ1) is 9.38. The summed E-state index contributed by atoms with van der Waals surface area (Å²) in [4.78, 5) is 6.73. The number of nitrogens with zero attached hydrogens (tertiary/aromatic N) is 3. The van der Waals surface area contributed by atoms with E-state index in [0.29, 0.717) is 17.9 Å². The van der Waals surface area contributed by atoms with Crippen molar-refractivity contribution in [2.24, 2.45) is 5.92 Å². The van der Waals surface area contributed by atoms with Crippen molar-refractivity contribution < 1.29 is 0 Å². The lowest BCUT2D eigenvalue weighted by molar-refractivity contribution is 0.294. The highest BCUT2D eigenvalue weighted by Crippen LogP contribution is 2.28. The zero-order valence-corrected chi connectivity index (χ0v) is 13.2. The van der Waals surface area contributed by atoms with E-state index in [1.165, 1.54) is 5.56 Å². The Morgan fingerprint density at radius 3 is 2.60 bits per heavy atom. The number of aromatic nitrogens is 2. The number of hydrogen-bond acceptors (Lipinski definition) is 3. The topological polar surface area (TPSA) is 47.1 Å². The van der Waals surface area contributed by atoms with Crippen LogP contribution in [0.3, 0.4) is 0 Å². The van der Waals surface area contributed by atoms with Gasteiger partial charge in [-0.2, -0.15) is 0 Å². The van der Waals surface area contributed by atoms with E-state index in [1.54, 1.807) is 0 Å². The molecule has 0 aliphatic carbocycles. The second kappa shape index (κ2) is 5.83. The van der Waals surface area contributed by atoms with Crippen LogP contribution in [0.5, 0.6) is 0 Å². The first-order valence-corrected chi connectivity index (χ1v) is 7.27. The molecule has 0 spiro atoms. The van der Waals surface area contributed by atoms with E-state index in [0.717, 1.165) is 24.0 Å². The maximum atomic E-state index is 6.19. The zero-order valence-electron chi connectivity index (χ0n) is 13.2. The number of likely N-dealkylation sites (N-methyl/N-ethyl adjacent to an activating group) is 1. The number of fused-ring (bicyclic) bond motifs is 1. The molecule has 4 nitrogen and oxygen atoms in total. The summed E-state index contributed by atoms with van der Waals surface area (Å²) in [6, 6.07) is 6.68. The van der Waals surface area contributed by atoms with Crippen LogP contribution in [0.25, 0.3) is 11.0 Å². The van der Waals surface area contributed by atoms with E-state index in [2.05, 4.69) is 67.5 Å². The van der Waals surface area contributed by atoms with Gasteiger partial charge in [-0.05, 0) is 51.1 Å². The Kier molecular flexibility index (Phi) is 4.33. The molecule has 0 amide bonds. The van der Waals surface area contributed by atoms with Crippen LogP contribution in [0.2, 0.25) is 0 Å². The van der Waals surface area contributed by atoms with Crippen LogP contribution in [-0.4, -0.2) is 35.1 Å². The smallest absolute Gasteiger partial charge is 0.201 e. The Hall–Kier alpha value is -1.55. The quantitative estimate of drug-likeness (QED) is 0.911. The molecule has 2 rings (SSSR count). The highest BCUT2D eigenvalue weighted by molar-refractivity contribution is 5.79. The van der Waals surface area contributed by atoms with Crippen molar-refractivity contribution in [3.63, 3.8) is 0 Å². The molecule has 0 bridgehead atoms. The lowest BCUT2D eigenvalue weighted by Gasteiger charge is -2.25. The van der Waals surface area contributed by atoms with Gasteiger partial charge < -0.3 is 15.2 Å². The number of anilines is 1. The molecule has 4 heteroatoms. The lowest BCUT2D eigenvalue weighted by atomic mass is 10.0. The van der Waals surface area contributed by atoms with E-state index < -0.39 is 0 Å². The molecule has 1 aromatic carbocycles. The zero-order chi connectivity index (χ0) is 14.9. The van der Waals surface area contributed by atoms with Crippen molar-refractivity contribution in [2.45, 2.75) is 33.2 Å². The Morgan fingerprint density at radius 2 is 2.00 bits per heavy atom. The summed E-state index contributed by atoms with van der Waals surface area (Å²) >= 11 is 0. The molecule has 1 heterocycles. The van der Waals surface area contributed by atoms with Gasteiger partial charge in [0.25, 0.3) is 0 Å². The first kappa shape index (κ1) is 14.9. The lowest BCUT2D eigenvalue weighted by Crippen LogP contribution is -2.26. The third-order valence-corrected chi connectivity index (χ3v) is 3.56. The molecule has 0 aliphatic heterocycles.